The lowest BCUT2D eigenvalue weighted by molar-refractivity contribution is -0.134. The zero-order valence-corrected chi connectivity index (χ0v) is 18.5. The van der Waals surface area contributed by atoms with Gasteiger partial charge in [-0.1, -0.05) is 18.2 Å². The number of thioether (sulfide) groups is 1. The molecule has 0 radical (unpaired) electrons. The molecule has 2 aliphatic rings. The number of alkyl halides is 1. The van der Waals surface area contributed by atoms with Crippen LogP contribution in [0.25, 0.3) is 22.2 Å². The summed E-state index contributed by atoms with van der Waals surface area (Å²) in [5, 5.41) is 1.06. The number of amides is 2. The van der Waals surface area contributed by atoms with Gasteiger partial charge in [0.2, 0.25) is 11.8 Å². The van der Waals surface area contributed by atoms with Crippen LogP contribution in [-0.2, 0) is 16.1 Å². The molecule has 5 rings (SSSR count). The fourth-order valence-electron chi connectivity index (χ4n) is 4.48. The quantitative estimate of drug-likeness (QED) is 0.553. The molecule has 3 aromatic rings. The number of rotatable bonds is 4. The van der Waals surface area contributed by atoms with Crippen molar-refractivity contribution in [1.29, 1.82) is 0 Å². The van der Waals surface area contributed by atoms with Crippen LogP contribution in [0.3, 0.4) is 0 Å². The van der Waals surface area contributed by atoms with Gasteiger partial charge in [0.05, 0.1) is 22.7 Å². The second-order valence-electron chi connectivity index (χ2n) is 7.88. The highest BCUT2D eigenvalue weighted by Gasteiger charge is 2.48. The van der Waals surface area contributed by atoms with Crippen LogP contribution < -0.4 is 0 Å². The Kier molecular flexibility index (Phi) is 5.40. The second-order valence-corrected chi connectivity index (χ2v) is 9.48. The first kappa shape index (κ1) is 20.4. The van der Waals surface area contributed by atoms with Crippen molar-refractivity contribution in [2.45, 2.75) is 24.3 Å². The van der Waals surface area contributed by atoms with E-state index in [-0.39, 0.29) is 22.6 Å². The highest BCUT2D eigenvalue weighted by molar-refractivity contribution is 8.01. The van der Waals surface area contributed by atoms with Crippen LogP contribution in [0.1, 0.15) is 18.6 Å². The Bertz CT molecular complexity index is 1130. The van der Waals surface area contributed by atoms with Crippen LogP contribution in [0.4, 0.5) is 0 Å². The van der Waals surface area contributed by atoms with Crippen LogP contribution in [0, 0.1) is 0 Å². The van der Waals surface area contributed by atoms with Gasteiger partial charge >= 0.3 is 0 Å². The van der Waals surface area contributed by atoms with Crippen LogP contribution in [0.15, 0.2) is 53.1 Å². The van der Waals surface area contributed by atoms with Crippen LogP contribution in [0.5, 0.6) is 0 Å². The molecule has 2 amide bonds. The first-order valence-corrected chi connectivity index (χ1v) is 11.8. The topological polar surface area (TPSA) is 66.7 Å². The van der Waals surface area contributed by atoms with Crippen molar-refractivity contribution in [2.24, 2.45) is 0 Å². The van der Waals surface area contributed by atoms with Crippen molar-refractivity contribution in [3.63, 3.8) is 0 Å². The van der Waals surface area contributed by atoms with Gasteiger partial charge < -0.3 is 14.2 Å². The fourth-order valence-corrected chi connectivity index (χ4v) is 5.99. The minimum absolute atomic E-state index is 0.000977. The summed E-state index contributed by atoms with van der Waals surface area (Å²) in [6.07, 6.45) is 3.26. The molecule has 0 aliphatic carbocycles. The average molecular weight is 456 g/mol. The first-order valence-electron chi connectivity index (χ1n) is 10.3. The number of hydrogen-bond donors (Lipinski definition) is 0. The third-order valence-corrected chi connectivity index (χ3v) is 7.93. The van der Waals surface area contributed by atoms with E-state index in [1.54, 1.807) is 22.9 Å². The summed E-state index contributed by atoms with van der Waals surface area (Å²) >= 11 is 7.39. The number of halogens is 1. The number of furan rings is 1. The minimum Gasteiger partial charge on any atom is -0.459 e. The number of carbonyl (C=O) groups is 2. The van der Waals surface area contributed by atoms with Gasteiger partial charge in [-0.2, -0.15) is 0 Å². The average Bonchev–Trinajstić information content (AvgIpc) is 3.40. The molecule has 2 aromatic heterocycles. The minimum atomic E-state index is -0.284. The number of para-hydroxylation sites is 1. The van der Waals surface area contributed by atoms with Gasteiger partial charge in [0.25, 0.3) is 0 Å². The van der Waals surface area contributed by atoms with Gasteiger partial charge in [-0.3, -0.25) is 14.6 Å². The summed E-state index contributed by atoms with van der Waals surface area (Å²) in [4.78, 5) is 32.6. The Balaban J connectivity index is 1.37. The number of carbonyl (C=O) groups excluding carboxylic acids is 2. The van der Waals surface area contributed by atoms with Crippen molar-refractivity contribution in [3.05, 3.63) is 54.4 Å². The van der Waals surface area contributed by atoms with Crippen LogP contribution >= 0.6 is 23.4 Å². The van der Waals surface area contributed by atoms with Crippen LogP contribution in [0.2, 0.25) is 0 Å². The van der Waals surface area contributed by atoms with Gasteiger partial charge in [0.15, 0.2) is 0 Å². The second kappa shape index (κ2) is 8.20. The fraction of sp³-hybridized carbons (Fsp3) is 0.348. The van der Waals surface area contributed by atoms with E-state index >= 15 is 0 Å². The Morgan fingerprint density at radius 2 is 1.97 bits per heavy atom. The molecule has 0 N–H and O–H groups in total. The number of piperidine rings is 1. The summed E-state index contributed by atoms with van der Waals surface area (Å²) in [5.41, 5.74) is 1.83. The van der Waals surface area contributed by atoms with Gasteiger partial charge in [-0.15, -0.1) is 23.4 Å². The summed E-state index contributed by atoms with van der Waals surface area (Å²) in [5.74, 6) is 2.03. The zero-order chi connectivity index (χ0) is 21.4. The Hall–Kier alpha value is -2.51. The monoisotopic (exact) mass is 455 g/mol. The van der Waals surface area contributed by atoms with Gasteiger partial charge in [-0.05, 0) is 37.1 Å². The summed E-state index contributed by atoms with van der Waals surface area (Å²) in [6, 6.07) is 13.9. The molecule has 8 heteroatoms. The summed E-state index contributed by atoms with van der Waals surface area (Å²) < 4.78 is 6.17. The lowest BCUT2D eigenvalue weighted by atomic mass is 10.0. The van der Waals surface area contributed by atoms with Crippen molar-refractivity contribution in [1.82, 2.24) is 14.8 Å². The highest BCUT2D eigenvalue weighted by Crippen LogP contribution is 2.45. The van der Waals surface area contributed by atoms with Gasteiger partial charge in [-0.25, -0.2) is 0 Å². The molecule has 160 valence electrons. The number of nitrogens with zero attached hydrogens (tertiary/aromatic N) is 3. The number of hydrogen-bond acceptors (Lipinski definition) is 5. The van der Waals surface area contributed by atoms with E-state index in [0.717, 1.165) is 40.8 Å². The molecule has 1 spiro atoms. The molecule has 6 nitrogen and oxygen atoms in total. The summed E-state index contributed by atoms with van der Waals surface area (Å²) in [7, 11) is 0. The molecule has 2 fully saturated rings. The van der Waals surface area contributed by atoms with Gasteiger partial charge in [0.1, 0.15) is 17.4 Å². The number of aromatic nitrogens is 1. The third kappa shape index (κ3) is 3.70. The van der Waals surface area contributed by atoms with Crippen LogP contribution in [-0.4, -0.2) is 56.2 Å². The molecule has 0 unspecified atom stereocenters. The molecular formula is C23H22ClN3O3S. The molecule has 31 heavy (non-hydrogen) atoms. The third-order valence-electron chi connectivity index (χ3n) is 6.14. The first-order chi connectivity index (χ1) is 15.1. The van der Waals surface area contributed by atoms with Crippen molar-refractivity contribution < 1.29 is 14.0 Å². The number of pyridine rings is 1. The predicted octanol–water partition coefficient (Wildman–Crippen LogP) is 4.13. The Morgan fingerprint density at radius 1 is 1.16 bits per heavy atom. The van der Waals surface area contributed by atoms with Crippen molar-refractivity contribution >= 4 is 46.1 Å². The maximum absolute atomic E-state index is 12.7. The Labute approximate surface area is 189 Å². The number of benzene rings is 1. The molecule has 1 aromatic carbocycles. The van der Waals surface area contributed by atoms with Crippen molar-refractivity contribution in [3.8, 4) is 11.3 Å². The SMILES string of the molecule is O=C(CCl)N1CCC2(CC1)SCC(=O)N2Cc1ccc(-c2cccc3cccnc23)o1. The maximum atomic E-state index is 12.7. The number of fused-ring (bicyclic) bond motifs is 1. The molecule has 0 saturated carbocycles. The van der Waals surface area contributed by atoms with Crippen molar-refractivity contribution in [2.75, 3.05) is 24.7 Å². The maximum Gasteiger partial charge on any atom is 0.237 e. The lowest BCUT2D eigenvalue weighted by Gasteiger charge is -2.43. The molecule has 2 aliphatic heterocycles. The van der Waals surface area contributed by atoms with E-state index in [2.05, 4.69) is 4.98 Å². The van der Waals surface area contributed by atoms with E-state index in [0.29, 0.717) is 25.4 Å². The van der Waals surface area contributed by atoms with E-state index in [1.165, 1.54) is 0 Å². The lowest BCUT2D eigenvalue weighted by Crippen LogP contribution is -2.52. The largest absolute Gasteiger partial charge is 0.459 e. The molecule has 0 atom stereocenters. The smallest absolute Gasteiger partial charge is 0.237 e. The van der Waals surface area contributed by atoms with E-state index < -0.39 is 0 Å². The molecule has 4 heterocycles. The number of likely N-dealkylation sites (tertiary alicyclic amines) is 1. The predicted molar refractivity (Wildman–Crippen MR) is 122 cm³/mol. The molecule has 2 saturated heterocycles. The normalized spacial score (nSPS) is 18.3. The molecule has 0 bridgehead atoms. The van der Waals surface area contributed by atoms with E-state index in [9.17, 15) is 9.59 Å². The highest BCUT2D eigenvalue weighted by atomic mass is 35.5. The Morgan fingerprint density at radius 3 is 2.77 bits per heavy atom. The summed E-state index contributed by atoms with van der Waals surface area (Å²) in [6.45, 7) is 1.66. The van der Waals surface area contributed by atoms with E-state index in [1.807, 2.05) is 47.4 Å². The zero-order valence-electron chi connectivity index (χ0n) is 16.9. The van der Waals surface area contributed by atoms with E-state index in [4.69, 9.17) is 16.0 Å². The van der Waals surface area contributed by atoms with Gasteiger partial charge in [0, 0.05) is 30.2 Å². The standard InChI is InChI=1S/C23H22ClN3O3S/c24-13-20(28)26-11-8-23(9-12-26)27(21(29)15-31-23)14-17-6-7-19(30-17)18-5-1-3-16-4-2-10-25-22(16)18/h1-7,10H,8-9,11-15H2. The molecular weight excluding hydrogens is 434 g/mol.